The van der Waals surface area contributed by atoms with E-state index in [2.05, 4.69) is 31.6 Å². The van der Waals surface area contributed by atoms with E-state index in [1.165, 1.54) is 29.6 Å². The molecule has 0 saturated carbocycles. The molecule has 1 fully saturated rings. The van der Waals surface area contributed by atoms with Gasteiger partial charge in [0.25, 0.3) is 11.8 Å². The van der Waals surface area contributed by atoms with Gasteiger partial charge in [-0.1, -0.05) is 50.2 Å². The molecular weight excluding hydrogens is 725 g/mol. The number of nitrogens with one attached hydrogen (secondary N) is 5. The molecule has 5 N–H and O–H groups in total. The Kier molecular flexibility index (Phi) is 15.7. The van der Waals surface area contributed by atoms with Gasteiger partial charge >= 0.3 is 10.2 Å². The summed E-state index contributed by atoms with van der Waals surface area (Å²) in [5, 5.41) is 14.7. The summed E-state index contributed by atoms with van der Waals surface area (Å²) in [5.41, 5.74) is 1.95. The monoisotopic (exact) mass is 778 g/mol. The summed E-state index contributed by atoms with van der Waals surface area (Å²) >= 11 is 0. The van der Waals surface area contributed by atoms with Gasteiger partial charge in [0.1, 0.15) is 6.04 Å². The average Bonchev–Trinajstić information content (AvgIpc) is 3.19. The lowest BCUT2D eigenvalue weighted by Gasteiger charge is -2.31. The first-order chi connectivity index (χ1) is 26.2. The van der Waals surface area contributed by atoms with Crippen molar-refractivity contribution < 1.29 is 32.3 Å². The van der Waals surface area contributed by atoms with Gasteiger partial charge in [0.2, 0.25) is 11.8 Å². The fourth-order valence-electron chi connectivity index (χ4n) is 5.99. The highest BCUT2D eigenvalue weighted by Gasteiger charge is 2.31. The minimum Gasteiger partial charge on any atom is -0.379 e. The third kappa shape index (κ3) is 12.0. The molecule has 0 aliphatic carbocycles. The molecule has 55 heavy (non-hydrogen) atoms. The van der Waals surface area contributed by atoms with Crippen LogP contribution in [-0.4, -0.2) is 106 Å². The molecule has 4 atom stereocenters. The molecule has 4 rings (SSSR count). The molecule has 1 aliphatic rings. The van der Waals surface area contributed by atoms with Crippen LogP contribution in [0.1, 0.15) is 72.5 Å². The van der Waals surface area contributed by atoms with Crippen LogP contribution in [0.15, 0.2) is 73.1 Å². The van der Waals surface area contributed by atoms with Gasteiger partial charge in [-0.05, 0) is 68.5 Å². The zero-order chi connectivity index (χ0) is 40.1. The Bertz CT molecular complexity index is 1860. The summed E-state index contributed by atoms with van der Waals surface area (Å²) in [6.07, 6.45) is 3.66. The van der Waals surface area contributed by atoms with Crippen LogP contribution in [-0.2, 0) is 31.0 Å². The number of benzene rings is 2. The van der Waals surface area contributed by atoms with Crippen LogP contribution < -0.4 is 30.9 Å². The lowest BCUT2D eigenvalue weighted by atomic mass is 10.0. The maximum Gasteiger partial charge on any atom is 0.303 e. The first-order valence-electron chi connectivity index (χ1n) is 18.5. The summed E-state index contributed by atoms with van der Waals surface area (Å²) in [6, 6.07) is 15.0. The maximum atomic E-state index is 14.1. The largest absolute Gasteiger partial charge is 0.379 e. The number of hydrogen-bond donors (Lipinski definition) is 5. The summed E-state index contributed by atoms with van der Waals surface area (Å²) in [7, 11) is -2.66. The Morgan fingerprint density at radius 1 is 0.873 bits per heavy atom. The molecule has 16 heteroatoms. The molecule has 0 radical (unpaired) electrons. The second kappa shape index (κ2) is 20.1. The summed E-state index contributed by atoms with van der Waals surface area (Å²) in [5.74, 6) is -1.85. The minimum absolute atomic E-state index is 0.0614. The van der Waals surface area contributed by atoms with Crippen LogP contribution >= 0.6 is 0 Å². The number of ether oxygens (including phenoxy) is 1. The molecule has 1 aliphatic heterocycles. The summed E-state index contributed by atoms with van der Waals surface area (Å²) < 4.78 is 35.1. The van der Waals surface area contributed by atoms with Gasteiger partial charge in [-0.3, -0.25) is 28.5 Å². The first-order valence-corrected chi connectivity index (χ1v) is 19.9. The van der Waals surface area contributed by atoms with Crippen molar-refractivity contribution in [1.29, 1.82) is 0 Å². The zero-order valence-corrected chi connectivity index (χ0v) is 33.2. The number of hydrogen-bond acceptors (Lipinski definition) is 9. The van der Waals surface area contributed by atoms with E-state index in [9.17, 15) is 27.6 Å². The van der Waals surface area contributed by atoms with Gasteiger partial charge in [-0.2, -0.15) is 12.7 Å². The average molecular weight is 779 g/mol. The van der Waals surface area contributed by atoms with Crippen molar-refractivity contribution in [2.75, 3.05) is 50.7 Å². The number of morpholine rings is 1. The van der Waals surface area contributed by atoms with E-state index in [4.69, 9.17) is 4.74 Å². The number of pyridine rings is 1. The predicted octanol–water partition coefficient (Wildman–Crippen LogP) is 2.18. The second-order valence-electron chi connectivity index (χ2n) is 13.9. The van der Waals surface area contributed by atoms with Gasteiger partial charge < -0.3 is 31.3 Å². The van der Waals surface area contributed by atoms with Gasteiger partial charge in [0.05, 0.1) is 31.0 Å². The molecular formula is C39H54N8O7S. The molecule has 1 aromatic heterocycles. The fourth-order valence-corrected chi connectivity index (χ4v) is 7.31. The number of amides is 4. The highest BCUT2D eigenvalue weighted by Crippen LogP contribution is 2.24. The van der Waals surface area contributed by atoms with E-state index in [0.29, 0.717) is 13.0 Å². The first kappa shape index (κ1) is 42.8. The maximum absolute atomic E-state index is 14.1. The Labute approximate surface area is 324 Å². The molecule has 2 aromatic carbocycles. The third-order valence-corrected chi connectivity index (χ3v) is 11.2. The third-order valence-electron chi connectivity index (χ3n) is 9.30. The smallest absolute Gasteiger partial charge is 0.303 e. The summed E-state index contributed by atoms with van der Waals surface area (Å²) in [6.45, 7) is 10.4. The van der Waals surface area contributed by atoms with Gasteiger partial charge in [-0.25, -0.2) is 0 Å². The van der Waals surface area contributed by atoms with Crippen molar-refractivity contribution in [3.8, 4) is 0 Å². The van der Waals surface area contributed by atoms with Crippen LogP contribution in [0.5, 0.6) is 0 Å². The van der Waals surface area contributed by atoms with E-state index >= 15 is 0 Å². The molecule has 4 amide bonds. The normalized spacial score (nSPS) is 15.6. The second-order valence-corrected chi connectivity index (χ2v) is 15.8. The van der Waals surface area contributed by atoms with Gasteiger partial charge in [-0.15, -0.1) is 0 Å². The van der Waals surface area contributed by atoms with Crippen LogP contribution in [0.25, 0.3) is 0 Å². The molecule has 298 valence electrons. The molecule has 1 saturated heterocycles. The van der Waals surface area contributed by atoms with Crippen molar-refractivity contribution in [1.82, 2.24) is 35.9 Å². The molecule has 0 spiro atoms. The Morgan fingerprint density at radius 3 is 2.13 bits per heavy atom. The molecule has 3 aromatic rings. The van der Waals surface area contributed by atoms with E-state index < -0.39 is 46.2 Å². The van der Waals surface area contributed by atoms with Crippen molar-refractivity contribution in [2.24, 2.45) is 5.92 Å². The molecule has 2 heterocycles. The lowest BCUT2D eigenvalue weighted by Crippen LogP contribution is -2.55. The number of anilines is 1. The Morgan fingerprint density at radius 2 is 1.53 bits per heavy atom. The van der Waals surface area contributed by atoms with E-state index in [1.807, 2.05) is 57.2 Å². The van der Waals surface area contributed by atoms with Crippen LogP contribution in [0.4, 0.5) is 5.69 Å². The van der Waals surface area contributed by atoms with Gasteiger partial charge in [0, 0.05) is 62.8 Å². The van der Waals surface area contributed by atoms with E-state index in [-0.39, 0.29) is 67.4 Å². The zero-order valence-electron chi connectivity index (χ0n) is 32.4. The molecule has 0 bridgehead atoms. The highest BCUT2D eigenvalue weighted by molar-refractivity contribution is 7.90. The van der Waals surface area contributed by atoms with Crippen molar-refractivity contribution in [3.05, 3.63) is 95.3 Å². The van der Waals surface area contributed by atoms with Crippen LogP contribution in [0.2, 0.25) is 0 Å². The van der Waals surface area contributed by atoms with Crippen LogP contribution in [0.3, 0.4) is 0 Å². The molecule has 1 unspecified atom stereocenters. The quantitative estimate of drug-likeness (QED) is 0.129. The molecule has 15 nitrogen and oxygen atoms in total. The van der Waals surface area contributed by atoms with Gasteiger partial charge in [0.15, 0.2) is 0 Å². The lowest BCUT2D eigenvalue weighted by molar-refractivity contribution is -0.130. The number of carbonyl (C=O) groups excluding carboxylic acids is 4. The summed E-state index contributed by atoms with van der Waals surface area (Å²) in [4.78, 5) is 57.7. The standard InChI is InChI=1S/C39H54N8O7S/c1-7-41-39(51)35(26(2)3)45-36(48)28(5)42-25-33(20-29-12-9-8-10-13-29)44-38(50)32-21-31(37(49)43-27(4)30-14-11-15-40-24-30)22-34(23-32)46(6)55(52,53)47-16-18-54-19-17-47/h8-15,21-24,26-28,33,35,42H,7,16-20,25H2,1-6H3,(H,41,51)(H,43,49)(H,44,50)(H,45,48)/t27?,28-,33-,35-/m0/s1. The van der Waals surface area contributed by atoms with Crippen molar-refractivity contribution in [2.45, 2.75) is 65.2 Å². The minimum atomic E-state index is -4.04. The van der Waals surface area contributed by atoms with Crippen LogP contribution in [0, 0.1) is 5.92 Å². The van der Waals surface area contributed by atoms with Crippen molar-refractivity contribution >= 4 is 39.5 Å². The topological polar surface area (TPSA) is 191 Å². The van der Waals surface area contributed by atoms with E-state index in [1.54, 1.807) is 32.3 Å². The predicted molar refractivity (Wildman–Crippen MR) is 211 cm³/mol. The highest BCUT2D eigenvalue weighted by atomic mass is 32.2. The number of likely N-dealkylation sites (N-methyl/N-ethyl adjacent to an activating group) is 1. The number of nitrogens with zero attached hydrogens (tertiary/aromatic N) is 3. The van der Waals surface area contributed by atoms with Crippen molar-refractivity contribution in [3.63, 3.8) is 0 Å². The number of aromatic nitrogens is 1. The number of rotatable bonds is 18. The number of carbonyl (C=O) groups is 4. The Hall–Kier alpha value is -4.90. The SMILES string of the molecule is CCNC(=O)[C@@H](NC(=O)[C@H](C)NC[C@H](Cc1ccccc1)NC(=O)c1cc(C(=O)NC(C)c2cccnc2)cc(N(C)S(=O)(=O)N2CCOCC2)c1)C(C)C. The Balaban J connectivity index is 1.61. The fraction of sp³-hybridized carbons (Fsp3) is 0.462. The van der Waals surface area contributed by atoms with E-state index in [0.717, 1.165) is 15.4 Å².